The van der Waals surface area contributed by atoms with E-state index >= 15 is 0 Å². The average molecular weight is 236 g/mol. The minimum Gasteiger partial charge on any atom is -0.497 e. The molecule has 0 saturated carbocycles. The lowest BCUT2D eigenvalue weighted by Crippen LogP contribution is -2.42. The fourth-order valence-electron chi connectivity index (χ4n) is 2.43. The highest BCUT2D eigenvalue weighted by Gasteiger charge is 2.23. The van der Waals surface area contributed by atoms with Crippen LogP contribution >= 0.6 is 0 Å². The molecule has 1 unspecified atom stereocenters. The van der Waals surface area contributed by atoms with E-state index in [1.807, 2.05) is 18.2 Å². The van der Waals surface area contributed by atoms with Crippen molar-refractivity contribution >= 4 is 11.4 Å². The predicted octanol–water partition coefficient (Wildman–Crippen LogP) is 1.63. The Kier molecular flexibility index (Phi) is 3.74. The van der Waals surface area contributed by atoms with Crippen molar-refractivity contribution in [2.75, 3.05) is 30.9 Å². The van der Waals surface area contributed by atoms with Gasteiger partial charge < -0.3 is 20.5 Å². The molecule has 0 spiro atoms. The van der Waals surface area contributed by atoms with E-state index in [0.717, 1.165) is 30.8 Å². The Bertz CT molecular complexity index is 382. The molecule has 17 heavy (non-hydrogen) atoms. The summed E-state index contributed by atoms with van der Waals surface area (Å²) in [5.41, 5.74) is 7.76. The molecule has 0 amide bonds. The molecule has 1 heterocycles. The van der Waals surface area contributed by atoms with Crippen LogP contribution in [0.25, 0.3) is 0 Å². The van der Waals surface area contributed by atoms with Gasteiger partial charge in [0.25, 0.3) is 0 Å². The van der Waals surface area contributed by atoms with Crippen LogP contribution in [0.15, 0.2) is 18.2 Å². The first-order chi connectivity index (χ1) is 8.26. The first kappa shape index (κ1) is 12.0. The number of rotatable bonds is 3. The van der Waals surface area contributed by atoms with Crippen molar-refractivity contribution < 1.29 is 9.84 Å². The quantitative estimate of drug-likeness (QED) is 0.783. The molecule has 1 aromatic carbocycles. The monoisotopic (exact) mass is 236 g/mol. The third kappa shape index (κ3) is 2.47. The molecule has 4 heteroatoms. The lowest BCUT2D eigenvalue weighted by atomic mass is 10.0. The van der Waals surface area contributed by atoms with Gasteiger partial charge in [0.1, 0.15) is 5.75 Å². The van der Waals surface area contributed by atoms with Gasteiger partial charge in [-0.25, -0.2) is 0 Å². The van der Waals surface area contributed by atoms with Crippen molar-refractivity contribution in [3.05, 3.63) is 18.2 Å². The highest BCUT2D eigenvalue weighted by Crippen LogP contribution is 2.32. The maximum atomic E-state index is 9.41. The minimum absolute atomic E-state index is 0.186. The van der Waals surface area contributed by atoms with Crippen LogP contribution in [-0.4, -0.2) is 31.4 Å². The van der Waals surface area contributed by atoms with Crippen molar-refractivity contribution in [1.82, 2.24) is 0 Å². The molecule has 0 aromatic heterocycles. The molecule has 3 N–H and O–H groups in total. The summed E-state index contributed by atoms with van der Waals surface area (Å²) in [4.78, 5) is 2.21. The second-order valence-corrected chi connectivity index (χ2v) is 4.45. The standard InChI is InChI=1S/C13H20N2O2/c1-17-11-5-6-13(12(14)8-11)15-7-3-2-4-10(15)9-16/h5-6,8,10,16H,2-4,7,9,14H2,1H3. The molecular weight excluding hydrogens is 216 g/mol. The first-order valence-electron chi connectivity index (χ1n) is 6.07. The molecule has 1 saturated heterocycles. The van der Waals surface area contributed by atoms with Gasteiger partial charge in [0.15, 0.2) is 0 Å². The van der Waals surface area contributed by atoms with Gasteiger partial charge in [-0.15, -0.1) is 0 Å². The van der Waals surface area contributed by atoms with Crippen LogP contribution in [0, 0.1) is 0 Å². The van der Waals surface area contributed by atoms with Gasteiger partial charge in [0, 0.05) is 12.6 Å². The number of hydrogen-bond acceptors (Lipinski definition) is 4. The zero-order valence-corrected chi connectivity index (χ0v) is 10.2. The molecule has 1 aromatic rings. The number of nitrogen functional groups attached to an aromatic ring is 1. The number of methoxy groups -OCH3 is 1. The van der Waals surface area contributed by atoms with Gasteiger partial charge in [0.05, 0.1) is 31.1 Å². The van der Waals surface area contributed by atoms with E-state index < -0.39 is 0 Å². The summed E-state index contributed by atoms with van der Waals surface area (Å²) < 4.78 is 5.14. The summed E-state index contributed by atoms with van der Waals surface area (Å²) in [6.45, 7) is 1.15. The van der Waals surface area contributed by atoms with Crippen molar-refractivity contribution in [3.63, 3.8) is 0 Å². The largest absolute Gasteiger partial charge is 0.497 e. The van der Waals surface area contributed by atoms with Crippen LogP contribution in [0.2, 0.25) is 0 Å². The molecule has 1 aliphatic rings. The number of ether oxygens (including phenoxy) is 1. The topological polar surface area (TPSA) is 58.7 Å². The van der Waals surface area contributed by atoms with Crippen LogP contribution in [0.3, 0.4) is 0 Å². The number of hydrogen-bond donors (Lipinski definition) is 2. The third-order valence-corrected chi connectivity index (χ3v) is 3.38. The Labute approximate surface area is 102 Å². The summed E-state index contributed by atoms with van der Waals surface area (Å²) in [7, 11) is 1.63. The Hall–Kier alpha value is -1.42. The average Bonchev–Trinajstić information content (AvgIpc) is 2.38. The first-order valence-corrected chi connectivity index (χ1v) is 6.07. The van der Waals surface area contributed by atoms with E-state index in [0.29, 0.717) is 5.69 Å². The van der Waals surface area contributed by atoms with Crippen molar-refractivity contribution in [1.29, 1.82) is 0 Å². The summed E-state index contributed by atoms with van der Waals surface area (Å²) >= 11 is 0. The zero-order valence-electron chi connectivity index (χ0n) is 10.2. The second kappa shape index (κ2) is 5.27. The second-order valence-electron chi connectivity index (χ2n) is 4.45. The van der Waals surface area contributed by atoms with Gasteiger partial charge in [0.2, 0.25) is 0 Å². The molecule has 0 aliphatic carbocycles. The minimum atomic E-state index is 0.186. The highest BCUT2D eigenvalue weighted by atomic mass is 16.5. The molecule has 2 rings (SSSR count). The van der Waals surface area contributed by atoms with Gasteiger partial charge in [-0.3, -0.25) is 0 Å². The zero-order chi connectivity index (χ0) is 12.3. The van der Waals surface area contributed by atoms with Crippen LogP contribution in [-0.2, 0) is 0 Å². The molecule has 1 aliphatic heterocycles. The lowest BCUT2D eigenvalue weighted by molar-refractivity contribution is 0.240. The molecule has 1 atom stereocenters. The Balaban J connectivity index is 2.25. The molecule has 1 fully saturated rings. The number of anilines is 2. The molecule has 0 radical (unpaired) electrons. The predicted molar refractivity (Wildman–Crippen MR) is 69.5 cm³/mol. The Morgan fingerprint density at radius 3 is 2.94 bits per heavy atom. The lowest BCUT2D eigenvalue weighted by Gasteiger charge is -2.37. The van der Waals surface area contributed by atoms with Crippen LogP contribution < -0.4 is 15.4 Å². The van der Waals surface area contributed by atoms with E-state index in [1.54, 1.807) is 7.11 Å². The summed E-state index contributed by atoms with van der Waals surface area (Å²) in [5.74, 6) is 0.767. The summed E-state index contributed by atoms with van der Waals surface area (Å²) in [6, 6.07) is 5.91. The molecule has 0 bridgehead atoms. The maximum absolute atomic E-state index is 9.41. The van der Waals surface area contributed by atoms with E-state index in [2.05, 4.69) is 4.90 Å². The number of aliphatic hydroxyl groups is 1. The molecular formula is C13H20N2O2. The Morgan fingerprint density at radius 2 is 2.29 bits per heavy atom. The van der Waals surface area contributed by atoms with Crippen molar-refractivity contribution in [2.45, 2.75) is 25.3 Å². The normalized spacial score (nSPS) is 20.4. The van der Waals surface area contributed by atoms with Crippen molar-refractivity contribution in [2.24, 2.45) is 0 Å². The summed E-state index contributed by atoms with van der Waals surface area (Å²) in [5, 5.41) is 9.41. The fraction of sp³-hybridized carbons (Fsp3) is 0.538. The van der Waals surface area contributed by atoms with Gasteiger partial charge >= 0.3 is 0 Å². The van der Waals surface area contributed by atoms with Crippen LogP contribution in [0.5, 0.6) is 5.75 Å². The third-order valence-electron chi connectivity index (χ3n) is 3.38. The SMILES string of the molecule is COc1ccc(N2CCCCC2CO)c(N)c1. The van der Waals surface area contributed by atoms with E-state index in [-0.39, 0.29) is 12.6 Å². The fourth-order valence-corrected chi connectivity index (χ4v) is 2.43. The van der Waals surface area contributed by atoms with Gasteiger partial charge in [-0.1, -0.05) is 0 Å². The van der Waals surface area contributed by atoms with Crippen LogP contribution in [0.4, 0.5) is 11.4 Å². The number of nitrogens with zero attached hydrogens (tertiary/aromatic N) is 1. The smallest absolute Gasteiger partial charge is 0.121 e. The van der Waals surface area contributed by atoms with Crippen molar-refractivity contribution in [3.8, 4) is 5.75 Å². The Morgan fingerprint density at radius 1 is 1.47 bits per heavy atom. The van der Waals surface area contributed by atoms with E-state index in [4.69, 9.17) is 10.5 Å². The number of nitrogens with two attached hydrogens (primary N) is 1. The molecule has 94 valence electrons. The summed E-state index contributed by atoms with van der Waals surface area (Å²) in [6.07, 6.45) is 3.36. The van der Waals surface area contributed by atoms with Gasteiger partial charge in [-0.2, -0.15) is 0 Å². The number of aliphatic hydroxyl groups excluding tert-OH is 1. The van der Waals surface area contributed by atoms with E-state index in [9.17, 15) is 5.11 Å². The van der Waals surface area contributed by atoms with Gasteiger partial charge in [-0.05, 0) is 31.4 Å². The maximum Gasteiger partial charge on any atom is 0.121 e. The number of piperidine rings is 1. The van der Waals surface area contributed by atoms with Crippen LogP contribution in [0.1, 0.15) is 19.3 Å². The molecule has 4 nitrogen and oxygen atoms in total. The number of benzene rings is 1. The highest BCUT2D eigenvalue weighted by molar-refractivity contribution is 5.70. The van der Waals surface area contributed by atoms with E-state index in [1.165, 1.54) is 6.42 Å².